The molecule has 0 amide bonds. The zero-order chi connectivity index (χ0) is 13.3. The number of imidazole rings is 1. The van der Waals surface area contributed by atoms with Crippen LogP contribution in [-0.4, -0.2) is 14.8 Å². The first-order valence-electron chi connectivity index (χ1n) is 4.89. The molecule has 1 atom stereocenters. The standard InChI is InChI=1S/C10H9N5O3/c11-5-8-9(12)14(10(16)13-8)6-1-3-7(4-2-6)15(17)18/h1-4,15,17H,12H2,(H,13,16). The van der Waals surface area contributed by atoms with Crippen molar-refractivity contribution < 1.29 is 10.4 Å². The van der Waals surface area contributed by atoms with E-state index in [-0.39, 0.29) is 17.2 Å². The minimum Gasteiger partial charge on any atom is -0.595 e. The van der Waals surface area contributed by atoms with Crippen molar-refractivity contribution >= 4 is 11.5 Å². The average Bonchev–Trinajstić information content (AvgIpc) is 2.64. The summed E-state index contributed by atoms with van der Waals surface area (Å²) in [6.07, 6.45) is 0. The summed E-state index contributed by atoms with van der Waals surface area (Å²) < 4.78 is 1.10. The topological polar surface area (TPSA) is 135 Å². The lowest BCUT2D eigenvalue weighted by Gasteiger charge is -2.11. The fraction of sp³-hybridized carbons (Fsp3) is 0. The van der Waals surface area contributed by atoms with Crippen LogP contribution in [0.2, 0.25) is 0 Å². The number of nitrogen functional groups attached to an aromatic ring is 1. The number of hydrogen-bond acceptors (Lipinski definition) is 5. The van der Waals surface area contributed by atoms with Crippen molar-refractivity contribution in [2.24, 2.45) is 0 Å². The Bertz CT molecular complexity index is 662. The van der Waals surface area contributed by atoms with Crippen LogP contribution >= 0.6 is 0 Å². The molecule has 0 bridgehead atoms. The third kappa shape index (κ3) is 1.85. The number of anilines is 1. The first kappa shape index (κ1) is 11.9. The number of aromatic amines is 1. The van der Waals surface area contributed by atoms with Crippen LogP contribution in [0.5, 0.6) is 0 Å². The molecule has 0 spiro atoms. The third-order valence-electron chi connectivity index (χ3n) is 2.42. The van der Waals surface area contributed by atoms with E-state index in [0.717, 1.165) is 4.57 Å². The summed E-state index contributed by atoms with van der Waals surface area (Å²) in [4.78, 5) is 13.9. The quantitative estimate of drug-likeness (QED) is 0.506. The predicted octanol–water partition coefficient (Wildman–Crippen LogP) is -0.977. The highest BCUT2D eigenvalue weighted by Crippen LogP contribution is 2.14. The van der Waals surface area contributed by atoms with Crippen LogP contribution < -0.4 is 16.6 Å². The van der Waals surface area contributed by atoms with Crippen LogP contribution in [0.15, 0.2) is 29.1 Å². The predicted molar refractivity (Wildman–Crippen MR) is 61.3 cm³/mol. The molecule has 0 saturated heterocycles. The zero-order valence-electron chi connectivity index (χ0n) is 9.04. The number of nitrogens with two attached hydrogens (primary N) is 1. The molecule has 5 N–H and O–H groups in total. The number of rotatable bonds is 2. The Hall–Kier alpha value is -2.60. The highest BCUT2D eigenvalue weighted by molar-refractivity contribution is 5.52. The Balaban J connectivity index is 2.53. The molecule has 8 heteroatoms. The SMILES string of the molecule is N#Cc1[nH]c(=O)n(-c2ccc([NH+]([O-])O)cc2)c1N. The summed E-state index contributed by atoms with van der Waals surface area (Å²) in [6.45, 7) is 0. The van der Waals surface area contributed by atoms with Gasteiger partial charge < -0.3 is 10.9 Å². The van der Waals surface area contributed by atoms with Gasteiger partial charge in [0.05, 0.1) is 5.69 Å². The molecule has 2 rings (SSSR count). The molecule has 0 aliphatic heterocycles. The van der Waals surface area contributed by atoms with Gasteiger partial charge in [0.25, 0.3) is 0 Å². The number of quaternary nitrogens is 1. The van der Waals surface area contributed by atoms with Crippen molar-refractivity contribution in [2.75, 3.05) is 5.73 Å². The van der Waals surface area contributed by atoms with Crippen molar-refractivity contribution in [1.29, 1.82) is 5.26 Å². The molecule has 8 nitrogen and oxygen atoms in total. The van der Waals surface area contributed by atoms with Gasteiger partial charge in [-0.2, -0.15) is 10.5 Å². The van der Waals surface area contributed by atoms with E-state index in [9.17, 15) is 10.0 Å². The molecular formula is C10H9N5O3. The molecule has 0 radical (unpaired) electrons. The van der Waals surface area contributed by atoms with Gasteiger partial charge in [-0.3, -0.25) is 4.98 Å². The normalized spacial score (nSPS) is 12.1. The second kappa shape index (κ2) is 4.34. The molecule has 1 unspecified atom stereocenters. The van der Waals surface area contributed by atoms with Crippen LogP contribution in [0.1, 0.15) is 5.69 Å². The number of nitrogens with one attached hydrogen (secondary N) is 2. The monoisotopic (exact) mass is 247 g/mol. The van der Waals surface area contributed by atoms with Gasteiger partial charge in [-0.05, 0) is 12.1 Å². The van der Waals surface area contributed by atoms with Crippen molar-refractivity contribution in [3.63, 3.8) is 0 Å². The van der Waals surface area contributed by atoms with Crippen molar-refractivity contribution in [1.82, 2.24) is 9.55 Å². The Morgan fingerprint density at radius 1 is 1.44 bits per heavy atom. The molecule has 1 heterocycles. The molecule has 0 aliphatic rings. The lowest BCUT2D eigenvalue weighted by atomic mass is 10.3. The maximum absolute atomic E-state index is 11.6. The largest absolute Gasteiger partial charge is 0.595 e. The van der Waals surface area contributed by atoms with Crippen molar-refractivity contribution in [3.05, 3.63) is 45.7 Å². The number of nitriles is 1. The molecule has 0 aliphatic carbocycles. The van der Waals surface area contributed by atoms with E-state index in [1.807, 2.05) is 0 Å². The van der Waals surface area contributed by atoms with Crippen LogP contribution in [0.3, 0.4) is 0 Å². The minimum absolute atomic E-state index is 0.00873. The van der Waals surface area contributed by atoms with E-state index < -0.39 is 10.9 Å². The van der Waals surface area contributed by atoms with E-state index in [2.05, 4.69) is 4.98 Å². The Morgan fingerprint density at radius 3 is 2.50 bits per heavy atom. The van der Waals surface area contributed by atoms with Crippen LogP contribution in [0, 0.1) is 16.5 Å². The molecule has 1 aromatic heterocycles. The summed E-state index contributed by atoms with van der Waals surface area (Å²) >= 11 is 0. The van der Waals surface area contributed by atoms with Gasteiger partial charge in [0.1, 0.15) is 11.9 Å². The Morgan fingerprint density at radius 2 is 2.06 bits per heavy atom. The summed E-state index contributed by atoms with van der Waals surface area (Å²) in [5.74, 6) is -0.00873. The molecular weight excluding hydrogens is 238 g/mol. The zero-order valence-corrected chi connectivity index (χ0v) is 9.04. The van der Waals surface area contributed by atoms with Gasteiger partial charge in [-0.25, -0.2) is 14.6 Å². The maximum Gasteiger partial charge on any atom is 0.332 e. The summed E-state index contributed by atoms with van der Waals surface area (Å²) in [5.41, 5.74) is 5.55. The van der Waals surface area contributed by atoms with E-state index in [1.54, 1.807) is 6.07 Å². The molecule has 1 aromatic carbocycles. The van der Waals surface area contributed by atoms with Gasteiger partial charge >= 0.3 is 5.69 Å². The third-order valence-corrected chi connectivity index (χ3v) is 2.42. The smallest absolute Gasteiger partial charge is 0.332 e. The molecule has 0 saturated carbocycles. The van der Waals surface area contributed by atoms with Crippen molar-refractivity contribution in [3.8, 4) is 11.8 Å². The summed E-state index contributed by atoms with van der Waals surface area (Å²) in [7, 11) is 0. The Labute approximate surface area is 101 Å². The van der Waals surface area contributed by atoms with Crippen molar-refractivity contribution in [2.45, 2.75) is 0 Å². The number of H-pyrrole nitrogens is 1. The van der Waals surface area contributed by atoms with Crippen LogP contribution in [0.4, 0.5) is 11.5 Å². The number of benzene rings is 1. The number of hydrogen-bond donors (Lipinski definition) is 4. The lowest BCUT2D eigenvalue weighted by Crippen LogP contribution is -2.99. The van der Waals surface area contributed by atoms with Gasteiger partial charge in [0.15, 0.2) is 11.4 Å². The Kier molecular flexibility index (Phi) is 2.86. The van der Waals surface area contributed by atoms with Gasteiger partial charge in [-0.15, -0.1) is 0 Å². The fourth-order valence-electron chi connectivity index (χ4n) is 1.54. The fourth-order valence-corrected chi connectivity index (χ4v) is 1.54. The average molecular weight is 247 g/mol. The molecule has 92 valence electrons. The van der Waals surface area contributed by atoms with Crippen LogP contribution in [0.25, 0.3) is 5.69 Å². The van der Waals surface area contributed by atoms with E-state index >= 15 is 0 Å². The second-order valence-corrected chi connectivity index (χ2v) is 3.49. The first-order chi connectivity index (χ1) is 8.54. The van der Waals surface area contributed by atoms with E-state index in [0.29, 0.717) is 5.69 Å². The molecule has 0 fully saturated rings. The van der Waals surface area contributed by atoms with E-state index in [1.165, 1.54) is 24.3 Å². The molecule has 18 heavy (non-hydrogen) atoms. The van der Waals surface area contributed by atoms with Crippen LogP contribution in [-0.2, 0) is 0 Å². The highest BCUT2D eigenvalue weighted by Gasteiger charge is 2.12. The first-order valence-corrected chi connectivity index (χ1v) is 4.89. The molecule has 2 aromatic rings. The summed E-state index contributed by atoms with van der Waals surface area (Å²) in [6, 6.07) is 7.34. The number of aromatic nitrogens is 2. The van der Waals surface area contributed by atoms with Gasteiger partial charge in [-0.1, -0.05) is 0 Å². The maximum atomic E-state index is 11.6. The second-order valence-electron chi connectivity index (χ2n) is 3.49. The summed E-state index contributed by atoms with van der Waals surface area (Å²) in [5, 5.41) is 27.1. The highest BCUT2D eigenvalue weighted by atomic mass is 16.8. The van der Waals surface area contributed by atoms with Gasteiger partial charge in [0, 0.05) is 12.1 Å². The lowest BCUT2D eigenvalue weighted by molar-refractivity contribution is -0.991. The van der Waals surface area contributed by atoms with E-state index in [4.69, 9.17) is 16.2 Å². The number of nitrogens with zero attached hydrogens (tertiary/aromatic N) is 2. The minimum atomic E-state index is -1.06. The van der Waals surface area contributed by atoms with Gasteiger partial charge in [0.2, 0.25) is 0 Å².